The number of hydrogen-bond donors (Lipinski definition) is 2. The van der Waals surface area contributed by atoms with Gasteiger partial charge in [0.2, 0.25) is 5.91 Å². The van der Waals surface area contributed by atoms with Crippen LogP contribution >= 0.6 is 0 Å². The maximum Gasteiger partial charge on any atom is 0.224 e. The van der Waals surface area contributed by atoms with Crippen LogP contribution in [0, 0.1) is 23.5 Å². The molecule has 0 bridgehead atoms. The monoisotopic (exact) mass is 402 g/mol. The fourth-order valence-corrected chi connectivity index (χ4v) is 4.25. The van der Waals surface area contributed by atoms with Crippen molar-refractivity contribution >= 4 is 5.91 Å². The summed E-state index contributed by atoms with van der Waals surface area (Å²) in [5.74, 6) is -1.96. The van der Waals surface area contributed by atoms with Crippen LogP contribution in [0.5, 0.6) is 5.75 Å². The Bertz CT molecular complexity index is 865. The second-order valence-corrected chi connectivity index (χ2v) is 8.37. The minimum atomic E-state index is -0.784. The zero-order valence-electron chi connectivity index (χ0n) is 17.2. The molecule has 2 aromatic carbocycles. The van der Waals surface area contributed by atoms with Crippen LogP contribution in [0.1, 0.15) is 25.0 Å². The molecule has 1 fully saturated rings. The van der Waals surface area contributed by atoms with E-state index in [9.17, 15) is 18.7 Å². The summed E-state index contributed by atoms with van der Waals surface area (Å²) < 4.78 is 28.2. The molecule has 1 saturated carbocycles. The van der Waals surface area contributed by atoms with E-state index in [1.165, 1.54) is 0 Å². The van der Waals surface area contributed by atoms with Crippen LogP contribution in [-0.4, -0.2) is 42.6 Å². The standard InChI is InChI=1S/C23H28F2N2O2/c1-14-21(23(14,2)15-8-6-5-7-9-15)22(29)26-13-16(27(3)4)10-18-19(24)11-17(28)12-20(18)25/h5-9,11-12,14,16,21,28H,10,13H2,1-4H3,(H,26,29)/t14-,16-,21-,23-/m0/s1. The average Bonchev–Trinajstić information content (AvgIpc) is 3.23. The minimum Gasteiger partial charge on any atom is -0.508 e. The SMILES string of the molecule is C[C@H]1[C@@H](C(=O)NC[C@H](Cc2c(F)cc(O)cc2F)N(C)C)[C@]1(C)c1ccccc1. The van der Waals surface area contributed by atoms with Gasteiger partial charge in [-0.25, -0.2) is 8.78 Å². The van der Waals surface area contributed by atoms with Crippen LogP contribution in [0.4, 0.5) is 8.78 Å². The number of amides is 1. The average molecular weight is 402 g/mol. The zero-order chi connectivity index (χ0) is 21.3. The van der Waals surface area contributed by atoms with E-state index in [1.807, 2.05) is 35.2 Å². The lowest BCUT2D eigenvalue weighted by atomic mass is 9.94. The molecular formula is C23H28F2N2O2. The summed E-state index contributed by atoms with van der Waals surface area (Å²) in [5.41, 5.74) is 0.850. The number of carbonyl (C=O) groups is 1. The molecule has 4 atom stereocenters. The lowest BCUT2D eigenvalue weighted by Crippen LogP contribution is -2.43. The molecule has 0 heterocycles. The van der Waals surface area contributed by atoms with Crippen molar-refractivity contribution in [2.45, 2.75) is 31.7 Å². The van der Waals surface area contributed by atoms with E-state index in [0.717, 1.165) is 17.7 Å². The number of aromatic hydroxyl groups is 1. The number of rotatable bonds is 7. The number of phenols is 1. The van der Waals surface area contributed by atoms with Crippen LogP contribution in [0.25, 0.3) is 0 Å². The van der Waals surface area contributed by atoms with E-state index in [1.54, 1.807) is 14.1 Å². The number of carbonyl (C=O) groups excluding carboxylic acids is 1. The number of phenolic OH excluding ortho intramolecular Hbond substituents is 1. The summed E-state index contributed by atoms with van der Waals surface area (Å²) in [7, 11) is 3.61. The molecule has 29 heavy (non-hydrogen) atoms. The van der Waals surface area contributed by atoms with E-state index in [2.05, 4.69) is 19.2 Å². The molecule has 0 spiro atoms. The molecule has 0 unspecified atom stereocenters. The number of hydrogen-bond acceptors (Lipinski definition) is 3. The first kappa shape index (κ1) is 21.2. The van der Waals surface area contributed by atoms with Crippen LogP contribution in [0.2, 0.25) is 0 Å². The second kappa shape index (κ2) is 8.11. The van der Waals surface area contributed by atoms with Gasteiger partial charge in [-0.3, -0.25) is 4.79 Å². The van der Waals surface area contributed by atoms with Gasteiger partial charge in [0.05, 0.1) is 5.92 Å². The van der Waals surface area contributed by atoms with E-state index < -0.39 is 17.4 Å². The Morgan fingerprint density at radius 3 is 2.34 bits per heavy atom. The van der Waals surface area contributed by atoms with Crippen molar-refractivity contribution < 1.29 is 18.7 Å². The van der Waals surface area contributed by atoms with E-state index in [4.69, 9.17) is 0 Å². The topological polar surface area (TPSA) is 52.6 Å². The Morgan fingerprint density at radius 2 is 1.79 bits per heavy atom. The molecule has 3 rings (SSSR count). The van der Waals surface area contributed by atoms with Gasteiger partial charge in [0, 0.05) is 35.7 Å². The summed E-state index contributed by atoms with van der Waals surface area (Å²) in [6, 6.07) is 11.5. The molecule has 1 aliphatic rings. The molecule has 4 nitrogen and oxygen atoms in total. The van der Waals surface area contributed by atoms with Crippen molar-refractivity contribution in [1.82, 2.24) is 10.2 Å². The van der Waals surface area contributed by atoms with Gasteiger partial charge in [-0.2, -0.15) is 0 Å². The van der Waals surface area contributed by atoms with Crippen molar-refractivity contribution in [2.24, 2.45) is 11.8 Å². The van der Waals surface area contributed by atoms with Crippen LogP contribution in [-0.2, 0) is 16.6 Å². The Kier molecular flexibility index (Phi) is 5.94. The van der Waals surface area contributed by atoms with Crippen LogP contribution in [0.3, 0.4) is 0 Å². The Morgan fingerprint density at radius 1 is 1.21 bits per heavy atom. The van der Waals surface area contributed by atoms with Crippen molar-refractivity contribution in [3.63, 3.8) is 0 Å². The largest absolute Gasteiger partial charge is 0.508 e. The summed E-state index contributed by atoms with van der Waals surface area (Å²) in [6.45, 7) is 4.45. The maximum atomic E-state index is 14.1. The van der Waals surface area contributed by atoms with Gasteiger partial charge in [-0.1, -0.05) is 44.2 Å². The van der Waals surface area contributed by atoms with Crippen LogP contribution < -0.4 is 5.32 Å². The third-order valence-corrected chi connectivity index (χ3v) is 6.47. The maximum absolute atomic E-state index is 14.1. The number of nitrogens with zero attached hydrogens (tertiary/aromatic N) is 1. The molecule has 0 radical (unpaired) electrons. The molecule has 2 N–H and O–H groups in total. The van der Waals surface area contributed by atoms with E-state index >= 15 is 0 Å². The van der Waals surface area contributed by atoms with Crippen molar-refractivity contribution in [3.05, 3.63) is 65.2 Å². The smallest absolute Gasteiger partial charge is 0.224 e. The highest BCUT2D eigenvalue weighted by Crippen LogP contribution is 2.59. The normalized spacial score (nSPS) is 24.4. The van der Waals surface area contributed by atoms with Gasteiger partial charge in [0.25, 0.3) is 0 Å². The predicted octanol–water partition coefficient (Wildman–Crippen LogP) is 3.48. The first-order valence-electron chi connectivity index (χ1n) is 9.82. The third-order valence-electron chi connectivity index (χ3n) is 6.47. The molecule has 156 valence electrons. The van der Waals surface area contributed by atoms with Gasteiger partial charge >= 0.3 is 0 Å². The fourth-order valence-electron chi connectivity index (χ4n) is 4.25. The van der Waals surface area contributed by atoms with Gasteiger partial charge in [-0.15, -0.1) is 0 Å². The Balaban J connectivity index is 1.67. The zero-order valence-corrected chi connectivity index (χ0v) is 17.2. The van der Waals surface area contributed by atoms with Gasteiger partial charge in [-0.05, 0) is 32.0 Å². The first-order valence-corrected chi connectivity index (χ1v) is 9.82. The molecule has 1 aliphatic carbocycles. The minimum absolute atomic E-state index is 0.0395. The van der Waals surface area contributed by atoms with E-state index in [-0.39, 0.29) is 47.7 Å². The Labute approximate surface area is 170 Å². The molecular weight excluding hydrogens is 374 g/mol. The number of likely N-dealkylation sites (N-methyl/N-ethyl adjacent to an activating group) is 1. The summed E-state index contributed by atoms with van der Waals surface area (Å²) in [4.78, 5) is 14.7. The highest BCUT2D eigenvalue weighted by atomic mass is 19.1. The highest BCUT2D eigenvalue weighted by Gasteiger charge is 2.62. The summed E-state index contributed by atoms with van der Waals surface area (Å²) >= 11 is 0. The predicted molar refractivity (Wildman–Crippen MR) is 109 cm³/mol. The highest BCUT2D eigenvalue weighted by molar-refractivity contribution is 5.85. The third kappa shape index (κ3) is 4.13. The quantitative estimate of drug-likeness (QED) is 0.746. The van der Waals surface area contributed by atoms with Crippen molar-refractivity contribution in [3.8, 4) is 5.75 Å². The first-order chi connectivity index (χ1) is 13.7. The van der Waals surface area contributed by atoms with Crippen molar-refractivity contribution in [2.75, 3.05) is 20.6 Å². The fraction of sp³-hybridized carbons (Fsp3) is 0.435. The lowest BCUT2D eigenvalue weighted by Gasteiger charge is -2.25. The summed E-state index contributed by atoms with van der Waals surface area (Å²) in [6.07, 6.45) is 0.0847. The second-order valence-electron chi connectivity index (χ2n) is 8.37. The van der Waals surface area contributed by atoms with Gasteiger partial charge < -0.3 is 15.3 Å². The van der Waals surface area contributed by atoms with E-state index in [0.29, 0.717) is 0 Å². The van der Waals surface area contributed by atoms with Gasteiger partial charge in [0.1, 0.15) is 17.4 Å². The molecule has 0 aromatic heterocycles. The number of halogens is 2. The van der Waals surface area contributed by atoms with Crippen molar-refractivity contribution in [1.29, 1.82) is 0 Å². The Hall–Kier alpha value is -2.47. The molecule has 1 amide bonds. The number of nitrogens with one attached hydrogen (secondary N) is 1. The number of benzene rings is 2. The molecule has 0 aliphatic heterocycles. The molecule has 6 heteroatoms. The molecule has 2 aromatic rings. The summed E-state index contributed by atoms with van der Waals surface area (Å²) in [5, 5.41) is 12.3. The van der Waals surface area contributed by atoms with Crippen LogP contribution in [0.15, 0.2) is 42.5 Å². The van der Waals surface area contributed by atoms with Gasteiger partial charge in [0.15, 0.2) is 0 Å². The molecule has 0 saturated heterocycles. The lowest BCUT2D eigenvalue weighted by molar-refractivity contribution is -0.123.